The summed E-state index contributed by atoms with van der Waals surface area (Å²) in [6, 6.07) is 13.9. The Bertz CT molecular complexity index is 1250. The van der Waals surface area contributed by atoms with Crippen LogP contribution in [0.3, 0.4) is 0 Å². The number of aliphatic hydroxyl groups excluding tert-OH is 1. The maximum atomic E-state index is 12.8. The fourth-order valence-corrected chi connectivity index (χ4v) is 4.24. The number of aryl methyl sites for hydroxylation is 1. The first-order valence-electron chi connectivity index (χ1n) is 9.15. The molecule has 1 amide bonds. The van der Waals surface area contributed by atoms with Gasteiger partial charge in [0, 0.05) is 22.5 Å². The van der Waals surface area contributed by atoms with Gasteiger partial charge >= 0.3 is 5.63 Å². The van der Waals surface area contributed by atoms with E-state index in [0.717, 1.165) is 16.5 Å². The van der Waals surface area contributed by atoms with Crippen LogP contribution in [0.25, 0.3) is 17.0 Å². The van der Waals surface area contributed by atoms with Crippen LogP contribution in [0.1, 0.15) is 11.1 Å². The molecule has 0 spiro atoms. The summed E-state index contributed by atoms with van der Waals surface area (Å²) in [4.78, 5) is 31.0. The first kappa shape index (κ1) is 20.4. The van der Waals surface area contributed by atoms with E-state index < -0.39 is 5.63 Å². The van der Waals surface area contributed by atoms with Gasteiger partial charge in [-0.3, -0.25) is 9.69 Å². The highest BCUT2D eigenvalue weighted by Gasteiger charge is 2.33. The Morgan fingerprint density at radius 1 is 1.17 bits per heavy atom. The number of amides is 1. The number of halogens is 1. The molecule has 1 fully saturated rings. The number of β-amino-alcohol motifs (C(OH)–C–C–N with tert-alkyl or cyclic N) is 1. The number of carbonyl (C=O) groups is 1. The minimum absolute atomic E-state index is 0.129. The number of thioether (sulfide) groups is 1. The van der Waals surface area contributed by atoms with Crippen molar-refractivity contribution in [1.29, 1.82) is 0 Å². The number of carbonyl (C=O) groups excluding carboxylic acids is 1. The Morgan fingerprint density at radius 3 is 2.67 bits per heavy atom. The summed E-state index contributed by atoms with van der Waals surface area (Å²) >= 11 is 7.14. The second-order valence-corrected chi connectivity index (χ2v) is 8.11. The van der Waals surface area contributed by atoms with Crippen LogP contribution in [-0.4, -0.2) is 34.2 Å². The maximum absolute atomic E-state index is 12.8. The van der Waals surface area contributed by atoms with Gasteiger partial charge in [0.2, 0.25) is 0 Å². The Labute approximate surface area is 181 Å². The van der Waals surface area contributed by atoms with Crippen molar-refractivity contribution in [2.75, 3.05) is 13.2 Å². The molecule has 2 aromatic carbocycles. The van der Waals surface area contributed by atoms with Gasteiger partial charge in [-0.2, -0.15) is 0 Å². The van der Waals surface area contributed by atoms with Crippen LogP contribution >= 0.6 is 23.4 Å². The Morgan fingerprint density at radius 2 is 1.93 bits per heavy atom. The van der Waals surface area contributed by atoms with Gasteiger partial charge in [0.1, 0.15) is 5.58 Å². The van der Waals surface area contributed by atoms with Gasteiger partial charge in [-0.1, -0.05) is 23.7 Å². The first-order chi connectivity index (χ1) is 14.4. The van der Waals surface area contributed by atoms with Crippen molar-refractivity contribution in [2.45, 2.75) is 6.92 Å². The molecule has 0 aliphatic carbocycles. The second kappa shape index (κ2) is 8.47. The van der Waals surface area contributed by atoms with Crippen LogP contribution in [0.5, 0.6) is 0 Å². The molecular weight excluding hydrogens is 424 g/mol. The fraction of sp³-hybridized carbons (Fsp3) is 0.136. The van der Waals surface area contributed by atoms with E-state index >= 15 is 0 Å². The SMILES string of the molecule is Cc1cc(=O)oc2cc(N=C3S/C(=C\c4ccc(Cl)cc4)C(=O)N3CCO)ccc12. The smallest absolute Gasteiger partial charge is 0.336 e. The maximum Gasteiger partial charge on any atom is 0.336 e. The predicted molar refractivity (Wildman–Crippen MR) is 120 cm³/mol. The highest BCUT2D eigenvalue weighted by atomic mass is 35.5. The molecule has 0 saturated carbocycles. The second-order valence-electron chi connectivity index (χ2n) is 6.67. The van der Waals surface area contributed by atoms with Gasteiger partial charge in [-0.25, -0.2) is 9.79 Å². The Balaban J connectivity index is 1.72. The molecule has 2 heterocycles. The number of rotatable bonds is 4. The highest BCUT2D eigenvalue weighted by Crippen LogP contribution is 2.34. The number of aliphatic imine (C=N–C) groups is 1. The summed E-state index contributed by atoms with van der Waals surface area (Å²) in [5, 5.41) is 11.3. The van der Waals surface area contributed by atoms with Crippen LogP contribution in [0.2, 0.25) is 5.02 Å². The Hall–Kier alpha value is -2.87. The van der Waals surface area contributed by atoms with E-state index in [4.69, 9.17) is 16.0 Å². The molecule has 1 aromatic heterocycles. The topological polar surface area (TPSA) is 83.1 Å². The third-order valence-electron chi connectivity index (χ3n) is 4.54. The number of fused-ring (bicyclic) bond motifs is 1. The van der Waals surface area contributed by atoms with Crippen molar-refractivity contribution in [3.63, 3.8) is 0 Å². The predicted octanol–water partition coefficient (Wildman–Crippen LogP) is 4.35. The van der Waals surface area contributed by atoms with Gasteiger partial charge in [-0.05, 0) is 60.2 Å². The van der Waals surface area contributed by atoms with Crippen molar-refractivity contribution in [2.24, 2.45) is 4.99 Å². The summed E-state index contributed by atoms with van der Waals surface area (Å²) in [5.74, 6) is -0.231. The lowest BCUT2D eigenvalue weighted by Crippen LogP contribution is -2.31. The van der Waals surface area contributed by atoms with Gasteiger partial charge in [-0.15, -0.1) is 0 Å². The first-order valence-corrected chi connectivity index (χ1v) is 10.3. The van der Waals surface area contributed by atoms with Gasteiger partial charge < -0.3 is 9.52 Å². The van der Waals surface area contributed by atoms with E-state index in [1.54, 1.807) is 30.3 Å². The van der Waals surface area contributed by atoms with Gasteiger partial charge in [0.25, 0.3) is 5.91 Å². The minimum Gasteiger partial charge on any atom is -0.423 e. The molecule has 3 aromatic rings. The van der Waals surface area contributed by atoms with Crippen molar-refractivity contribution >= 4 is 57.2 Å². The van der Waals surface area contributed by atoms with Crippen LogP contribution < -0.4 is 5.63 Å². The number of hydrogen-bond donors (Lipinski definition) is 1. The summed E-state index contributed by atoms with van der Waals surface area (Å²) in [5.41, 5.74) is 2.21. The van der Waals surface area contributed by atoms with Crippen molar-refractivity contribution in [1.82, 2.24) is 4.90 Å². The Kier molecular flexibility index (Phi) is 5.76. The molecule has 0 radical (unpaired) electrons. The van der Waals surface area contributed by atoms with Crippen molar-refractivity contribution in [3.8, 4) is 0 Å². The molecule has 1 aliphatic rings. The van der Waals surface area contributed by atoms with Crippen LogP contribution in [0, 0.1) is 6.92 Å². The van der Waals surface area contributed by atoms with Crippen molar-refractivity contribution < 1.29 is 14.3 Å². The van der Waals surface area contributed by atoms with Crippen LogP contribution in [-0.2, 0) is 4.79 Å². The molecule has 152 valence electrons. The summed E-state index contributed by atoms with van der Waals surface area (Å²) in [6.07, 6.45) is 1.76. The zero-order chi connectivity index (χ0) is 21.3. The standard InChI is InChI=1S/C22H17ClN2O4S/c1-13-10-20(27)29-18-12-16(6-7-17(13)18)24-22-25(8-9-26)21(28)19(30-22)11-14-2-4-15(23)5-3-14/h2-7,10-12,26H,8-9H2,1H3/b19-11-,24-22?. The lowest BCUT2D eigenvalue weighted by Gasteiger charge is -2.13. The number of nitrogens with zero attached hydrogens (tertiary/aromatic N) is 2. The van der Waals surface area contributed by atoms with E-state index in [2.05, 4.69) is 4.99 Å². The normalized spacial score (nSPS) is 16.9. The van der Waals surface area contributed by atoms with Gasteiger partial charge in [0.15, 0.2) is 5.17 Å². The van der Waals surface area contributed by atoms with E-state index in [1.807, 2.05) is 25.1 Å². The van der Waals surface area contributed by atoms with Gasteiger partial charge in [0.05, 0.1) is 23.7 Å². The lowest BCUT2D eigenvalue weighted by molar-refractivity contribution is -0.122. The molecule has 4 rings (SSSR count). The van der Waals surface area contributed by atoms with E-state index in [-0.39, 0.29) is 19.1 Å². The number of benzene rings is 2. The van der Waals surface area contributed by atoms with Crippen molar-refractivity contribution in [3.05, 3.63) is 80.0 Å². The molecular formula is C22H17ClN2O4S. The zero-order valence-electron chi connectivity index (χ0n) is 16.0. The molecule has 0 bridgehead atoms. The molecule has 1 aliphatic heterocycles. The molecule has 6 nitrogen and oxygen atoms in total. The highest BCUT2D eigenvalue weighted by molar-refractivity contribution is 8.18. The number of aliphatic hydroxyl groups is 1. The average Bonchev–Trinajstić information content (AvgIpc) is 2.98. The molecule has 0 unspecified atom stereocenters. The zero-order valence-corrected chi connectivity index (χ0v) is 17.5. The number of amidine groups is 1. The van der Waals surface area contributed by atoms with E-state index in [0.29, 0.717) is 26.4 Å². The van der Waals surface area contributed by atoms with Crippen LogP contribution in [0.15, 0.2) is 67.6 Å². The summed E-state index contributed by atoms with van der Waals surface area (Å²) in [7, 11) is 0. The summed E-state index contributed by atoms with van der Waals surface area (Å²) < 4.78 is 5.28. The average molecular weight is 441 g/mol. The van der Waals surface area contributed by atoms with E-state index in [9.17, 15) is 14.7 Å². The van der Waals surface area contributed by atoms with E-state index in [1.165, 1.54) is 22.7 Å². The lowest BCUT2D eigenvalue weighted by atomic mass is 10.1. The third-order valence-corrected chi connectivity index (χ3v) is 5.80. The molecule has 30 heavy (non-hydrogen) atoms. The largest absolute Gasteiger partial charge is 0.423 e. The molecule has 0 atom stereocenters. The monoisotopic (exact) mass is 440 g/mol. The fourth-order valence-electron chi connectivity index (χ4n) is 3.09. The van der Waals surface area contributed by atoms with Crippen LogP contribution in [0.4, 0.5) is 5.69 Å². The minimum atomic E-state index is -0.426. The summed E-state index contributed by atoms with van der Waals surface area (Å²) in [6.45, 7) is 1.78. The third kappa shape index (κ3) is 4.18. The molecule has 1 N–H and O–H groups in total. The number of hydrogen-bond acceptors (Lipinski definition) is 6. The molecule has 1 saturated heterocycles. The quantitative estimate of drug-likeness (QED) is 0.481. The molecule has 8 heteroatoms.